The van der Waals surface area contributed by atoms with Crippen LogP contribution >= 0.6 is 34.7 Å². The van der Waals surface area contributed by atoms with Crippen molar-refractivity contribution in [3.63, 3.8) is 0 Å². The van der Waals surface area contributed by atoms with E-state index in [1.807, 2.05) is 36.0 Å². The van der Waals surface area contributed by atoms with Crippen LogP contribution in [0.1, 0.15) is 34.6 Å². The molecule has 0 aliphatic carbocycles. The number of nitrogen functional groups attached to an aromatic ring is 1. The number of aryl methyl sites for hydroxylation is 1. The first-order chi connectivity index (χ1) is 15.1. The monoisotopic (exact) mass is 514 g/mol. The summed E-state index contributed by atoms with van der Waals surface area (Å²) in [5.74, 6) is 0.838. The van der Waals surface area contributed by atoms with E-state index < -0.39 is 10.4 Å². The second kappa shape index (κ2) is 11.8. The molecular formula is C21H23ClN2O5S3. The van der Waals surface area contributed by atoms with Gasteiger partial charge in [-0.05, 0) is 49.9 Å². The summed E-state index contributed by atoms with van der Waals surface area (Å²) in [5.41, 5.74) is 9.55. The lowest BCUT2D eigenvalue weighted by Gasteiger charge is -2.02. The van der Waals surface area contributed by atoms with E-state index in [0.29, 0.717) is 21.2 Å². The van der Waals surface area contributed by atoms with Crippen molar-refractivity contribution in [3.8, 4) is 5.69 Å². The first-order valence-electron chi connectivity index (χ1n) is 9.51. The summed E-state index contributed by atoms with van der Waals surface area (Å²) in [6.45, 7) is 5.46. The second-order valence-electron chi connectivity index (χ2n) is 6.35. The van der Waals surface area contributed by atoms with Crippen LogP contribution in [0.4, 0.5) is 5.69 Å². The van der Waals surface area contributed by atoms with Crippen LogP contribution in [0.2, 0.25) is 5.02 Å². The third-order valence-electron chi connectivity index (χ3n) is 3.94. The minimum absolute atomic E-state index is 0.0726. The number of thioether (sulfide) groups is 1. The van der Waals surface area contributed by atoms with Gasteiger partial charge in [-0.1, -0.05) is 18.5 Å². The van der Waals surface area contributed by atoms with Crippen molar-refractivity contribution in [1.82, 2.24) is 0 Å². The van der Waals surface area contributed by atoms with Crippen LogP contribution in [0.5, 0.6) is 0 Å². The molecule has 3 rings (SSSR count). The smallest absolute Gasteiger partial charge is 0.259 e. The number of aromatic nitrogens is 1. The molecule has 2 heterocycles. The molecule has 0 atom stereocenters. The minimum Gasteiger partial charge on any atom is -0.726 e. The number of rotatable bonds is 7. The average molecular weight is 515 g/mol. The number of nitrogens with zero attached hydrogens (tertiary/aromatic N) is 1. The molecule has 0 unspecified atom stereocenters. The van der Waals surface area contributed by atoms with Crippen LogP contribution in [-0.4, -0.2) is 31.1 Å². The van der Waals surface area contributed by atoms with Gasteiger partial charge < -0.3 is 10.3 Å². The van der Waals surface area contributed by atoms with Crippen LogP contribution < -0.4 is 10.3 Å². The third kappa shape index (κ3) is 7.29. The number of anilines is 1. The Morgan fingerprint density at radius 3 is 2.41 bits per heavy atom. The molecule has 0 saturated carbocycles. The zero-order valence-corrected chi connectivity index (χ0v) is 20.9. The van der Waals surface area contributed by atoms with Crippen molar-refractivity contribution < 1.29 is 26.5 Å². The van der Waals surface area contributed by atoms with Crippen molar-refractivity contribution in [2.24, 2.45) is 0 Å². The van der Waals surface area contributed by atoms with Crippen molar-refractivity contribution in [2.45, 2.75) is 25.0 Å². The number of pyridine rings is 1. The molecule has 2 aromatic heterocycles. The van der Waals surface area contributed by atoms with Gasteiger partial charge in [0.25, 0.3) is 5.69 Å². The lowest BCUT2D eigenvalue weighted by molar-refractivity contribution is -0.597. The first-order valence-corrected chi connectivity index (χ1v) is 13.0. The van der Waals surface area contributed by atoms with Crippen molar-refractivity contribution in [3.05, 3.63) is 69.8 Å². The highest BCUT2D eigenvalue weighted by Crippen LogP contribution is 2.39. The Balaban J connectivity index is 0.000000451. The summed E-state index contributed by atoms with van der Waals surface area (Å²) in [4.78, 5) is 13.5. The quantitative estimate of drug-likeness (QED) is 0.163. The fourth-order valence-electron chi connectivity index (χ4n) is 2.66. The highest BCUT2D eigenvalue weighted by Gasteiger charge is 2.28. The Kier molecular flexibility index (Phi) is 9.68. The van der Waals surface area contributed by atoms with Crippen LogP contribution in [-0.2, 0) is 14.6 Å². The fourth-order valence-corrected chi connectivity index (χ4v) is 5.45. The lowest BCUT2D eigenvalue weighted by Crippen LogP contribution is -2.31. The van der Waals surface area contributed by atoms with E-state index in [0.717, 1.165) is 21.2 Å². The molecule has 0 bridgehead atoms. The Hall–Kier alpha value is -1.95. The van der Waals surface area contributed by atoms with Gasteiger partial charge in [-0.3, -0.25) is 8.98 Å². The van der Waals surface area contributed by atoms with Crippen molar-refractivity contribution in [1.29, 1.82) is 0 Å². The van der Waals surface area contributed by atoms with E-state index >= 15 is 0 Å². The van der Waals surface area contributed by atoms with Crippen LogP contribution in [0.15, 0.2) is 53.0 Å². The number of hydrogen-bond donors (Lipinski definition) is 1. The molecule has 3 aromatic rings. The maximum absolute atomic E-state index is 12.9. The number of benzene rings is 1. The molecule has 32 heavy (non-hydrogen) atoms. The molecule has 1 aromatic carbocycles. The zero-order valence-electron chi connectivity index (χ0n) is 17.7. The number of carbonyl (C=O) groups excluding carboxylic acids is 1. The highest BCUT2D eigenvalue weighted by atomic mass is 35.5. The van der Waals surface area contributed by atoms with Crippen LogP contribution in [0.3, 0.4) is 0 Å². The van der Waals surface area contributed by atoms with Crippen molar-refractivity contribution >= 4 is 56.6 Å². The molecule has 0 fully saturated rings. The van der Waals surface area contributed by atoms with Crippen molar-refractivity contribution in [2.75, 3.05) is 18.1 Å². The summed E-state index contributed by atoms with van der Waals surface area (Å²) in [5, 5.41) is 0.605. The molecule has 0 aliphatic rings. The Labute approximate surface area is 201 Å². The SMILES string of the molecule is CCOS(=O)(=O)[O-].CCSc1sc(C(=O)c2ccc(Cl)cc2)c(N)c1-[n+]1cccc(C)c1. The molecule has 0 amide bonds. The third-order valence-corrected chi connectivity index (χ3v) is 7.06. The molecule has 0 spiro atoms. The van der Waals surface area contributed by atoms with Gasteiger partial charge in [0.1, 0.15) is 14.8 Å². The van der Waals surface area contributed by atoms with Gasteiger partial charge in [0.05, 0.1) is 6.61 Å². The molecule has 172 valence electrons. The van der Waals surface area contributed by atoms with Gasteiger partial charge in [-0.15, -0.1) is 23.1 Å². The number of carbonyl (C=O) groups is 1. The average Bonchev–Trinajstić information content (AvgIpc) is 3.04. The fraction of sp³-hybridized carbons (Fsp3) is 0.238. The standard InChI is InChI=1S/C19H17ClN2OS2.C2H6O4S/c1-3-24-19-16(22-10-4-5-12(2)11-22)15(21)18(25-19)17(23)13-6-8-14(20)9-7-13;1-2-6-7(3,4)5/h4-11H,3H2,1-2H3,(H-,21,23);2H2,1H3,(H,3,4,5). The summed E-state index contributed by atoms with van der Waals surface area (Å²) < 4.78 is 35.1. The van der Waals surface area contributed by atoms with E-state index in [2.05, 4.69) is 11.1 Å². The predicted octanol–water partition coefficient (Wildman–Crippen LogP) is 4.39. The highest BCUT2D eigenvalue weighted by molar-refractivity contribution is 8.01. The van der Waals surface area contributed by atoms with E-state index in [1.54, 1.807) is 36.0 Å². The number of nitrogens with two attached hydrogens (primary N) is 1. The molecule has 2 N–H and O–H groups in total. The van der Waals surface area contributed by atoms with Gasteiger partial charge in [0.2, 0.25) is 16.2 Å². The van der Waals surface area contributed by atoms with Gasteiger partial charge in [-0.2, -0.15) is 4.57 Å². The molecule has 7 nitrogen and oxygen atoms in total. The van der Waals surface area contributed by atoms with Gasteiger partial charge in [-0.25, -0.2) is 8.42 Å². The first kappa shape index (κ1) is 26.3. The number of hydrogen-bond acceptors (Lipinski definition) is 8. The molecule has 0 aliphatic heterocycles. The normalized spacial score (nSPS) is 11.0. The summed E-state index contributed by atoms with van der Waals surface area (Å²) in [6.07, 6.45) is 3.98. The number of ketones is 1. The summed E-state index contributed by atoms with van der Waals surface area (Å²) >= 11 is 9.07. The van der Waals surface area contributed by atoms with Gasteiger partial charge in [0.15, 0.2) is 12.4 Å². The number of thiophene rings is 1. The second-order valence-corrected chi connectivity index (χ2v) is 10.4. The van der Waals surface area contributed by atoms with Crippen LogP contribution in [0, 0.1) is 6.92 Å². The zero-order chi connectivity index (χ0) is 23.9. The Morgan fingerprint density at radius 2 is 1.91 bits per heavy atom. The molecule has 0 radical (unpaired) electrons. The van der Waals surface area contributed by atoms with E-state index in [-0.39, 0.29) is 12.4 Å². The Morgan fingerprint density at radius 1 is 1.25 bits per heavy atom. The van der Waals surface area contributed by atoms with E-state index in [1.165, 1.54) is 18.3 Å². The van der Waals surface area contributed by atoms with Gasteiger partial charge in [0, 0.05) is 22.2 Å². The maximum atomic E-state index is 12.9. The topological polar surface area (TPSA) is 113 Å². The van der Waals surface area contributed by atoms with Gasteiger partial charge >= 0.3 is 0 Å². The minimum atomic E-state index is -4.42. The summed E-state index contributed by atoms with van der Waals surface area (Å²) in [7, 11) is -4.42. The largest absolute Gasteiger partial charge is 0.726 e. The molecule has 11 heteroatoms. The Bertz CT molecular complexity index is 1180. The van der Waals surface area contributed by atoms with E-state index in [9.17, 15) is 17.8 Å². The summed E-state index contributed by atoms with van der Waals surface area (Å²) in [6, 6.07) is 10.9. The van der Waals surface area contributed by atoms with Crippen LogP contribution in [0.25, 0.3) is 5.69 Å². The maximum Gasteiger partial charge on any atom is 0.259 e. The van der Waals surface area contributed by atoms with E-state index in [4.69, 9.17) is 17.3 Å². The molecule has 0 saturated heterocycles. The molecular weight excluding hydrogens is 492 g/mol. The predicted molar refractivity (Wildman–Crippen MR) is 128 cm³/mol. The number of halogens is 1. The lowest BCUT2D eigenvalue weighted by atomic mass is 10.1.